The molecule has 1 heterocycles. The number of hydrogen-bond donors (Lipinski definition) is 1. The number of thioether (sulfide) groups is 1. The smallest absolute Gasteiger partial charge is 0.0487 e. The molecule has 1 nitrogen and oxygen atoms in total. The molecule has 1 N–H and O–H groups in total. The highest BCUT2D eigenvalue weighted by Gasteiger charge is 2.21. The molecule has 1 atom stereocenters. The summed E-state index contributed by atoms with van der Waals surface area (Å²) >= 11 is 5.59. The van der Waals surface area contributed by atoms with Crippen molar-refractivity contribution in [2.75, 3.05) is 11.9 Å². The van der Waals surface area contributed by atoms with Crippen LogP contribution in [-0.4, -0.2) is 11.8 Å². The maximum Gasteiger partial charge on any atom is 0.0487 e. The first-order valence-corrected chi connectivity index (χ1v) is 8.14. The van der Waals surface area contributed by atoms with Gasteiger partial charge in [-0.1, -0.05) is 24.3 Å². The summed E-state index contributed by atoms with van der Waals surface area (Å²) in [5.74, 6) is 0. The van der Waals surface area contributed by atoms with E-state index in [4.69, 9.17) is 0 Å². The molecule has 98 valence electrons. The van der Waals surface area contributed by atoms with Crippen LogP contribution in [0.4, 0.5) is 5.69 Å². The SMILES string of the molecule is Cc1ccc(Br)c(NCC2Cc3ccccc3S2)c1. The summed E-state index contributed by atoms with van der Waals surface area (Å²) in [7, 11) is 0. The van der Waals surface area contributed by atoms with Gasteiger partial charge in [0, 0.05) is 26.9 Å². The number of anilines is 1. The minimum absolute atomic E-state index is 0.629. The Bertz CT molecular complexity index is 572. The van der Waals surface area contributed by atoms with Crippen LogP contribution in [0.15, 0.2) is 51.8 Å². The van der Waals surface area contributed by atoms with Crippen molar-refractivity contribution in [3.8, 4) is 0 Å². The molecule has 0 spiro atoms. The largest absolute Gasteiger partial charge is 0.383 e. The molecule has 1 aliphatic rings. The zero-order valence-corrected chi connectivity index (χ0v) is 13.2. The predicted octanol–water partition coefficient (Wildman–Crippen LogP) is 4.89. The molecule has 0 fully saturated rings. The molecule has 19 heavy (non-hydrogen) atoms. The molecule has 0 radical (unpaired) electrons. The second-order valence-electron chi connectivity index (χ2n) is 4.92. The number of rotatable bonds is 3. The number of aryl methyl sites for hydroxylation is 1. The van der Waals surface area contributed by atoms with Crippen LogP contribution in [0.2, 0.25) is 0 Å². The van der Waals surface area contributed by atoms with E-state index in [1.54, 1.807) is 0 Å². The third-order valence-corrected chi connectivity index (χ3v) is 5.37. The van der Waals surface area contributed by atoms with Crippen LogP contribution in [-0.2, 0) is 6.42 Å². The first-order valence-electron chi connectivity index (χ1n) is 6.47. The average Bonchev–Trinajstić information content (AvgIpc) is 2.82. The Balaban J connectivity index is 1.64. The van der Waals surface area contributed by atoms with Gasteiger partial charge >= 0.3 is 0 Å². The Morgan fingerprint density at radius 3 is 2.95 bits per heavy atom. The van der Waals surface area contributed by atoms with Crippen molar-refractivity contribution < 1.29 is 0 Å². The van der Waals surface area contributed by atoms with Gasteiger partial charge in [0.1, 0.15) is 0 Å². The van der Waals surface area contributed by atoms with Crippen molar-refractivity contribution in [2.45, 2.75) is 23.5 Å². The van der Waals surface area contributed by atoms with Crippen molar-refractivity contribution in [2.24, 2.45) is 0 Å². The van der Waals surface area contributed by atoms with Gasteiger partial charge in [0.15, 0.2) is 0 Å². The fourth-order valence-corrected chi connectivity index (χ4v) is 4.00. The van der Waals surface area contributed by atoms with Gasteiger partial charge in [0.05, 0.1) is 0 Å². The van der Waals surface area contributed by atoms with E-state index in [2.05, 4.69) is 70.6 Å². The topological polar surface area (TPSA) is 12.0 Å². The molecule has 2 aromatic rings. The molecule has 0 saturated carbocycles. The minimum Gasteiger partial charge on any atom is -0.383 e. The number of fused-ring (bicyclic) bond motifs is 1. The van der Waals surface area contributed by atoms with Gasteiger partial charge in [-0.25, -0.2) is 0 Å². The van der Waals surface area contributed by atoms with Gasteiger partial charge in [-0.15, -0.1) is 11.8 Å². The molecular formula is C16H16BrNS. The van der Waals surface area contributed by atoms with Crippen LogP contribution in [0, 0.1) is 6.92 Å². The minimum atomic E-state index is 0.629. The van der Waals surface area contributed by atoms with Gasteiger partial charge in [0.25, 0.3) is 0 Å². The molecule has 1 unspecified atom stereocenters. The Kier molecular flexibility index (Phi) is 3.85. The lowest BCUT2D eigenvalue weighted by Gasteiger charge is -2.13. The summed E-state index contributed by atoms with van der Waals surface area (Å²) in [5, 5.41) is 4.19. The molecule has 0 aliphatic carbocycles. The maximum atomic E-state index is 3.60. The van der Waals surface area contributed by atoms with Gasteiger partial charge in [-0.3, -0.25) is 0 Å². The molecule has 1 aliphatic heterocycles. The number of nitrogens with one attached hydrogen (secondary N) is 1. The second-order valence-corrected chi connectivity index (χ2v) is 7.11. The summed E-state index contributed by atoms with van der Waals surface area (Å²) in [4.78, 5) is 1.44. The highest BCUT2D eigenvalue weighted by Crippen LogP contribution is 2.37. The van der Waals surface area contributed by atoms with Crippen LogP contribution in [0.3, 0.4) is 0 Å². The first kappa shape index (κ1) is 13.1. The Morgan fingerprint density at radius 1 is 1.26 bits per heavy atom. The standard InChI is InChI=1S/C16H16BrNS/c1-11-6-7-14(17)15(8-11)18-10-13-9-12-4-2-3-5-16(12)19-13/h2-8,13,18H,9-10H2,1H3. The lowest BCUT2D eigenvalue weighted by Crippen LogP contribution is -2.16. The van der Waals surface area contributed by atoms with E-state index in [1.165, 1.54) is 21.7 Å². The Hall–Kier alpha value is -0.930. The number of halogens is 1. The third kappa shape index (κ3) is 2.98. The van der Waals surface area contributed by atoms with E-state index in [-0.39, 0.29) is 0 Å². The normalized spacial score (nSPS) is 17.3. The Morgan fingerprint density at radius 2 is 2.11 bits per heavy atom. The molecular weight excluding hydrogens is 318 g/mol. The molecule has 0 bridgehead atoms. The quantitative estimate of drug-likeness (QED) is 0.858. The summed E-state index contributed by atoms with van der Waals surface area (Å²) < 4.78 is 1.14. The molecule has 0 saturated heterocycles. The maximum absolute atomic E-state index is 3.60. The van der Waals surface area contributed by atoms with Crippen LogP contribution < -0.4 is 5.32 Å². The Labute approximate surface area is 126 Å². The van der Waals surface area contributed by atoms with Gasteiger partial charge < -0.3 is 5.32 Å². The van der Waals surface area contributed by atoms with E-state index in [1.807, 2.05) is 11.8 Å². The summed E-state index contributed by atoms with van der Waals surface area (Å²) in [5.41, 5.74) is 3.97. The fraction of sp³-hybridized carbons (Fsp3) is 0.250. The zero-order valence-electron chi connectivity index (χ0n) is 10.8. The van der Waals surface area contributed by atoms with Crippen LogP contribution in [0.5, 0.6) is 0 Å². The average molecular weight is 334 g/mol. The van der Waals surface area contributed by atoms with Crippen molar-refractivity contribution in [1.82, 2.24) is 0 Å². The number of benzene rings is 2. The first-order chi connectivity index (χ1) is 9.22. The third-order valence-electron chi connectivity index (χ3n) is 3.36. The van der Waals surface area contributed by atoms with E-state index in [0.29, 0.717) is 5.25 Å². The second kappa shape index (κ2) is 5.59. The van der Waals surface area contributed by atoms with Gasteiger partial charge in [-0.2, -0.15) is 0 Å². The lowest BCUT2D eigenvalue weighted by atomic mass is 10.1. The molecule has 0 aromatic heterocycles. The van der Waals surface area contributed by atoms with Crippen LogP contribution >= 0.6 is 27.7 Å². The highest BCUT2D eigenvalue weighted by molar-refractivity contribution is 9.10. The summed E-state index contributed by atoms with van der Waals surface area (Å²) in [6.07, 6.45) is 1.16. The van der Waals surface area contributed by atoms with E-state index in [9.17, 15) is 0 Å². The van der Waals surface area contributed by atoms with Gasteiger partial charge in [0.2, 0.25) is 0 Å². The zero-order chi connectivity index (χ0) is 13.2. The summed E-state index contributed by atoms with van der Waals surface area (Å²) in [6, 6.07) is 15.1. The molecule has 0 amide bonds. The fourth-order valence-electron chi connectivity index (χ4n) is 2.37. The van der Waals surface area contributed by atoms with E-state index < -0.39 is 0 Å². The van der Waals surface area contributed by atoms with E-state index >= 15 is 0 Å². The monoisotopic (exact) mass is 333 g/mol. The molecule has 3 rings (SSSR count). The van der Waals surface area contributed by atoms with Crippen LogP contribution in [0.1, 0.15) is 11.1 Å². The van der Waals surface area contributed by atoms with Crippen molar-refractivity contribution in [1.29, 1.82) is 0 Å². The summed E-state index contributed by atoms with van der Waals surface area (Å²) in [6.45, 7) is 3.12. The molecule has 3 heteroatoms. The van der Waals surface area contributed by atoms with E-state index in [0.717, 1.165) is 17.4 Å². The molecule has 2 aromatic carbocycles. The van der Waals surface area contributed by atoms with Crippen molar-refractivity contribution in [3.05, 3.63) is 58.1 Å². The van der Waals surface area contributed by atoms with Crippen molar-refractivity contribution >= 4 is 33.4 Å². The van der Waals surface area contributed by atoms with Crippen LogP contribution in [0.25, 0.3) is 0 Å². The highest BCUT2D eigenvalue weighted by atomic mass is 79.9. The number of hydrogen-bond acceptors (Lipinski definition) is 2. The lowest BCUT2D eigenvalue weighted by molar-refractivity contribution is 0.898. The van der Waals surface area contributed by atoms with Gasteiger partial charge in [-0.05, 0) is 58.6 Å². The predicted molar refractivity (Wildman–Crippen MR) is 87.2 cm³/mol. The van der Waals surface area contributed by atoms with Crippen molar-refractivity contribution in [3.63, 3.8) is 0 Å².